The first-order chi connectivity index (χ1) is 10.0. The van der Waals surface area contributed by atoms with Gasteiger partial charge in [-0.05, 0) is 44.1 Å². The van der Waals surface area contributed by atoms with Crippen LogP contribution in [0.4, 0.5) is 0 Å². The van der Waals surface area contributed by atoms with E-state index in [-0.39, 0.29) is 0 Å². The second-order valence-electron chi connectivity index (χ2n) is 7.06. The second-order valence-corrected chi connectivity index (χ2v) is 7.06. The summed E-state index contributed by atoms with van der Waals surface area (Å²) in [6, 6.07) is 0. The third-order valence-electron chi connectivity index (χ3n) is 5.15. The summed E-state index contributed by atoms with van der Waals surface area (Å²) in [5, 5.41) is 0. The molecule has 0 bridgehead atoms. The average molecular weight is 293 g/mol. The maximum atomic E-state index is 5.95. The van der Waals surface area contributed by atoms with Gasteiger partial charge in [0.1, 0.15) is 0 Å². The van der Waals surface area contributed by atoms with Crippen molar-refractivity contribution in [3.8, 4) is 0 Å². The quantitative estimate of drug-likeness (QED) is 0.475. The Labute approximate surface area is 132 Å². The highest BCUT2D eigenvalue weighted by atomic mass is 14.6. The minimum atomic E-state index is 0.359. The summed E-state index contributed by atoms with van der Waals surface area (Å²) < 4.78 is 0. The van der Waals surface area contributed by atoms with Crippen LogP contribution in [0.3, 0.4) is 0 Å². The number of nitrogens with two attached hydrogens (primary N) is 2. The van der Waals surface area contributed by atoms with Gasteiger partial charge in [0.2, 0.25) is 0 Å². The molecular formula is C19H36N2. The molecule has 0 radical (unpaired) electrons. The molecule has 0 aromatic carbocycles. The van der Waals surface area contributed by atoms with Gasteiger partial charge in [-0.15, -0.1) is 0 Å². The Kier molecular flexibility index (Phi) is 8.75. The van der Waals surface area contributed by atoms with E-state index >= 15 is 0 Å². The molecule has 0 spiro atoms. The van der Waals surface area contributed by atoms with Crippen molar-refractivity contribution in [2.75, 3.05) is 6.54 Å². The van der Waals surface area contributed by atoms with Crippen molar-refractivity contribution in [2.45, 2.75) is 71.1 Å². The number of allylic oxidation sites excluding steroid dienone is 2. The molecule has 21 heavy (non-hydrogen) atoms. The van der Waals surface area contributed by atoms with Crippen molar-refractivity contribution < 1.29 is 0 Å². The van der Waals surface area contributed by atoms with Gasteiger partial charge in [-0.3, -0.25) is 0 Å². The largest absolute Gasteiger partial charge is 0.402 e. The van der Waals surface area contributed by atoms with Crippen LogP contribution in [0.1, 0.15) is 71.1 Å². The Hall–Kier alpha value is -0.760. The molecule has 1 aliphatic rings. The minimum absolute atomic E-state index is 0.359. The first-order valence-corrected chi connectivity index (χ1v) is 8.86. The molecule has 1 fully saturated rings. The second kappa shape index (κ2) is 10.0. The third-order valence-corrected chi connectivity index (χ3v) is 5.15. The van der Waals surface area contributed by atoms with Gasteiger partial charge < -0.3 is 11.5 Å². The van der Waals surface area contributed by atoms with E-state index in [1.807, 2.05) is 0 Å². The summed E-state index contributed by atoms with van der Waals surface area (Å²) in [5.41, 5.74) is 13.7. The van der Waals surface area contributed by atoms with E-state index in [0.717, 1.165) is 37.4 Å². The van der Waals surface area contributed by atoms with Gasteiger partial charge in [0.25, 0.3) is 0 Å². The molecule has 0 heterocycles. The summed E-state index contributed by atoms with van der Waals surface area (Å²) in [6.07, 6.45) is 12.9. The lowest BCUT2D eigenvalue weighted by Crippen LogP contribution is -2.16. The van der Waals surface area contributed by atoms with Gasteiger partial charge in [0.05, 0.1) is 0 Å². The van der Waals surface area contributed by atoms with E-state index in [1.54, 1.807) is 0 Å². The van der Waals surface area contributed by atoms with E-state index in [9.17, 15) is 0 Å². The SMILES string of the molecule is C=C(CC(CCCN)C(=C)N)C(C)CC1CCCCCC1. The Bertz CT molecular complexity index is 314. The first-order valence-electron chi connectivity index (χ1n) is 8.86. The lowest BCUT2D eigenvalue weighted by atomic mass is 9.82. The normalized spacial score (nSPS) is 19.7. The summed E-state index contributed by atoms with van der Waals surface area (Å²) >= 11 is 0. The van der Waals surface area contributed by atoms with Crippen LogP contribution < -0.4 is 11.5 Å². The monoisotopic (exact) mass is 292 g/mol. The molecule has 0 aromatic heterocycles. The van der Waals surface area contributed by atoms with Crippen molar-refractivity contribution in [3.63, 3.8) is 0 Å². The highest BCUT2D eigenvalue weighted by Crippen LogP contribution is 2.33. The predicted molar refractivity (Wildman–Crippen MR) is 93.8 cm³/mol. The highest BCUT2D eigenvalue weighted by molar-refractivity contribution is 5.07. The molecule has 0 aromatic rings. The summed E-state index contributed by atoms with van der Waals surface area (Å²) in [6.45, 7) is 11.4. The van der Waals surface area contributed by atoms with Crippen molar-refractivity contribution in [1.29, 1.82) is 0 Å². The molecule has 1 aliphatic carbocycles. The fourth-order valence-electron chi connectivity index (χ4n) is 3.57. The Morgan fingerprint density at radius 1 is 1.14 bits per heavy atom. The molecule has 122 valence electrons. The number of hydrogen-bond acceptors (Lipinski definition) is 2. The van der Waals surface area contributed by atoms with Gasteiger partial charge in [0.15, 0.2) is 0 Å². The smallest absolute Gasteiger partial charge is 0.00422 e. The Morgan fingerprint density at radius 2 is 1.76 bits per heavy atom. The maximum absolute atomic E-state index is 5.95. The highest BCUT2D eigenvalue weighted by Gasteiger charge is 2.19. The molecule has 2 unspecified atom stereocenters. The molecule has 2 nitrogen and oxygen atoms in total. The molecule has 2 atom stereocenters. The molecule has 0 aliphatic heterocycles. The van der Waals surface area contributed by atoms with Crippen molar-refractivity contribution >= 4 is 0 Å². The summed E-state index contributed by atoms with van der Waals surface area (Å²) in [7, 11) is 0. The molecule has 0 saturated heterocycles. The van der Waals surface area contributed by atoms with E-state index in [2.05, 4.69) is 20.1 Å². The van der Waals surface area contributed by atoms with Crippen LogP contribution >= 0.6 is 0 Å². The van der Waals surface area contributed by atoms with Gasteiger partial charge >= 0.3 is 0 Å². The zero-order chi connectivity index (χ0) is 15.7. The van der Waals surface area contributed by atoms with E-state index in [4.69, 9.17) is 11.5 Å². The molecule has 1 rings (SSSR count). The third kappa shape index (κ3) is 7.17. The van der Waals surface area contributed by atoms with Crippen LogP contribution in [0.25, 0.3) is 0 Å². The van der Waals surface area contributed by atoms with Crippen LogP contribution in [0.2, 0.25) is 0 Å². The van der Waals surface area contributed by atoms with E-state index in [1.165, 1.54) is 50.5 Å². The van der Waals surface area contributed by atoms with Crippen LogP contribution in [0.15, 0.2) is 24.4 Å². The van der Waals surface area contributed by atoms with E-state index < -0.39 is 0 Å². The molecular weight excluding hydrogens is 256 g/mol. The average Bonchev–Trinajstić information content (AvgIpc) is 2.71. The van der Waals surface area contributed by atoms with Crippen molar-refractivity contribution in [3.05, 3.63) is 24.4 Å². The van der Waals surface area contributed by atoms with Crippen molar-refractivity contribution in [1.82, 2.24) is 0 Å². The lowest BCUT2D eigenvalue weighted by molar-refractivity contribution is 0.369. The maximum Gasteiger partial charge on any atom is 0.00422 e. The predicted octanol–water partition coefficient (Wildman–Crippen LogP) is 4.76. The zero-order valence-corrected chi connectivity index (χ0v) is 14.1. The van der Waals surface area contributed by atoms with Gasteiger partial charge in [-0.1, -0.05) is 64.2 Å². The van der Waals surface area contributed by atoms with Crippen LogP contribution in [-0.2, 0) is 0 Å². The number of rotatable bonds is 9. The molecule has 0 amide bonds. The van der Waals surface area contributed by atoms with Gasteiger partial charge in [-0.2, -0.15) is 0 Å². The zero-order valence-electron chi connectivity index (χ0n) is 14.1. The fourth-order valence-corrected chi connectivity index (χ4v) is 3.57. The molecule has 2 heteroatoms. The lowest BCUT2D eigenvalue weighted by Gasteiger charge is -2.24. The Balaban J connectivity index is 2.42. The van der Waals surface area contributed by atoms with Crippen LogP contribution in [-0.4, -0.2) is 6.54 Å². The topological polar surface area (TPSA) is 52.0 Å². The Morgan fingerprint density at radius 3 is 2.29 bits per heavy atom. The summed E-state index contributed by atoms with van der Waals surface area (Å²) in [5.74, 6) is 1.87. The van der Waals surface area contributed by atoms with Gasteiger partial charge in [0, 0.05) is 11.6 Å². The van der Waals surface area contributed by atoms with Crippen LogP contribution in [0, 0.1) is 17.8 Å². The van der Waals surface area contributed by atoms with Crippen LogP contribution in [0.5, 0.6) is 0 Å². The minimum Gasteiger partial charge on any atom is -0.402 e. The molecule has 1 saturated carbocycles. The van der Waals surface area contributed by atoms with E-state index in [0.29, 0.717) is 11.8 Å². The van der Waals surface area contributed by atoms with Gasteiger partial charge in [-0.25, -0.2) is 0 Å². The van der Waals surface area contributed by atoms with Crippen molar-refractivity contribution in [2.24, 2.45) is 29.2 Å². The fraction of sp³-hybridized carbons (Fsp3) is 0.789. The first kappa shape index (κ1) is 18.3. The summed E-state index contributed by atoms with van der Waals surface area (Å²) in [4.78, 5) is 0. The number of hydrogen-bond donors (Lipinski definition) is 2. The standard InChI is InChI=1S/C19H36N2/c1-15(13-18-9-6-4-5-7-10-18)16(2)14-19(17(3)21)11-8-12-20/h15,18-19H,2-14,20-21H2,1H3. The molecule has 4 N–H and O–H groups in total.